The second-order valence-electron chi connectivity index (χ2n) is 6.16. The van der Waals surface area contributed by atoms with Gasteiger partial charge in [0, 0.05) is 0 Å². The number of rotatable bonds is 5. The fourth-order valence-corrected chi connectivity index (χ4v) is 2.93. The molecule has 0 aromatic heterocycles. The topological polar surface area (TPSA) is 47.9 Å². The van der Waals surface area contributed by atoms with Crippen LogP contribution in [0.15, 0.2) is 89.6 Å². The SMILES string of the molecule is O=C1OC(c2ccccc2Cl)=N/C1=C/c1ccc(OCc2ccccc2)cc1. The van der Waals surface area contributed by atoms with Crippen LogP contribution in [0.25, 0.3) is 6.08 Å². The number of carbonyl (C=O) groups is 1. The highest BCUT2D eigenvalue weighted by molar-refractivity contribution is 6.34. The van der Waals surface area contributed by atoms with E-state index in [4.69, 9.17) is 21.1 Å². The lowest BCUT2D eigenvalue weighted by Gasteiger charge is -2.06. The van der Waals surface area contributed by atoms with Crippen LogP contribution >= 0.6 is 11.6 Å². The number of esters is 1. The summed E-state index contributed by atoms with van der Waals surface area (Å²) in [5.41, 5.74) is 2.74. The van der Waals surface area contributed by atoms with E-state index in [0.717, 1.165) is 16.9 Å². The van der Waals surface area contributed by atoms with Gasteiger partial charge in [-0.2, -0.15) is 0 Å². The minimum absolute atomic E-state index is 0.213. The van der Waals surface area contributed by atoms with Crippen LogP contribution < -0.4 is 4.74 Å². The number of ether oxygens (including phenoxy) is 2. The molecule has 1 aliphatic rings. The summed E-state index contributed by atoms with van der Waals surface area (Å²) in [7, 11) is 0. The van der Waals surface area contributed by atoms with E-state index in [1.807, 2.05) is 60.7 Å². The zero-order valence-electron chi connectivity index (χ0n) is 14.8. The number of benzene rings is 3. The van der Waals surface area contributed by atoms with Crippen molar-refractivity contribution in [3.8, 4) is 5.75 Å². The standard InChI is InChI=1S/C23H16ClNO3/c24-20-9-5-4-8-19(20)22-25-21(23(26)28-22)14-16-10-12-18(13-11-16)27-15-17-6-2-1-3-7-17/h1-14H,15H2/b21-14+. The molecule has 0 bridgehead atoms. The quantitative estimate of drug-likeness (QED) is 0.441. The van der Waals surface area contributed by atoms with E-state index in [1.165, 1.54) is 0 Å². The molecule has 1 aliphatic heterocycles. The van der Waals surface area contributed by atoms with Gasteiger partial charge in [-0.05, 0) is 41.5 Å². The number of cyclic esters (lactones) is 1. The van der Waals surface area contributed by atoms with Gasteiger partial charge in [0.2, 0.25) is 5.90 Å². The summed E-state index contributed by atoms with van der Waals surface area (Å²) in [5.74, 6) is 0.462. The minimum Gasteiger partial charge on any atom is -0.489 e. The molecule has 0 spiro atoms. The summed E-state index contributed by atoms with van der Waals surface area (Å²) in [4.78, 5) is 16.4. The van der Waals surface area contributed by atoms with Gasteiger partial charge < -0.3 is 9.47 Å². The van der Waals surface area contributed by atoms with Gasteiger partial charge in [0.15, 0.2) is 5.70 Å². The van der Waals surface area contributed by atoms with Crippen molar-refractivity contribution in [3.63, 3.8) is 0 Å². The Hall–Kier alpha value is -3.37. The van der Waals surface area contributed by atoms with Crippen LogP contribution in [0.4, 0.5) is 0 Å². The highest BCUT2D eigenvalue weighted by atomic mass is 35.5. The lowest BCUT2D eigenvalue weighted by Crippen LogP contribution is -2.05. The van der Waals surface area contributed by atoms with E-state index in [2.05, 4.69) is 4.99 Å². The van der Waals surface area contributed by atoms with E-state index in [1.54, 1.807) is 24.3 Å². The Morgan fingerprint density at radius 1 is 0.929 bits per heavy atom. The monoisotopic (exact) mass is 389 g/mol. The molecule has 28 heavy (non-hydrogen) atoms. The molecular weight excluding hydrogens is 374 g/mol. The van der Waals surface area contributed by atoms with E-state index < -0.39 is 5.97 Å². The smallest absolute Gasteiger partial charge is 0.363 e. The third-order valence-corrected chi connectivity index (χ3v) is 4.49. The predicted octanol–water partition coefficient (Wildman–Crippen LogP) is 5.26. The molecule has 3 aromatic rings. The molecule has 0 unspecified atom stereocenters. The molecule has 0 amide bonds. The highest BCUT2D eigenvalue weighted by Crippen LogP contribution is 2.24. The molecule has 1 heterocycles. The van der Waals surface area contributed by atoms with E-state index in [-0.39, 0.29) is 11.6 Å². The van der Waals surface area contributed by atoms with Crippen molar-refractivity contribution in [2.75, 3.05) is 0 Å². The van der Waals surface area contributed by atoms with Crippen molar-refractivity contribution in [1.29, 1.82) is 0 Å². The summed E-state index contributed by atoms with van der Waals surface area (Å²) in [6.07, 6.45) is 1.67. The van der Waals surface area contributed by atoms with Gasteiger partial charge in [0.05, 0.1) is 10.6 Å². The average Bonchev–Trinajstić information content (AvgIpc) is 3.08. The zero-order chi connectivity index (χ0) is 19.3. The van der Waals surface area contributed by atoms with Crippen LogP contribution in [-0.4, -0.2) is 11.9 Å². The van der Waals surface area contributed by atoms with Crippen LogP contribution in [0.1, 0.15) is 16.7 Å². The van der Waals surface area contributed by atoms with Crippen molar-refractivity contribution in [1.82, 2.24) is 0 Å². The van der Waals surface area contributed by atoms with Crippen molar-refractivity contribution < 1.29 is 14.3 Å². The maximum absolute atomic E-state index is 12.1. The first-order valence-corrected chi connectivity index (χ1v) is 9.11. The lowest BCUT2D eigenvalue weighted by molar-refractivity contribution is -0.129. The first-order valence-electron chi connectivity index (χ1n) is 8.73. The molecule has 0 fully saturated rings. The van der Waals surface area contributed by atoms with Crippen LogP contribution in [0.3, 0.4) is 0 Å². The largest absolute Gasteiger partial charge is 0.489 e. The molecule has 4 rings (SSSR count). The summed E-state index contributed by atoms with van der Waals surface area (Å²) in [5, 5.41) is 0.482. The third kappa shape index (κ3) is 4.13. The first-order chi connectivity index (χ1) is 13.7. The molecule has 0 radical (unpaired) electrons. The van der Waals surface area contributed by atoms with Gasteiger partial charge in [0.25, 0.3) is 0 Å². The fraction of sp³-hybridized carbons (Fsp3) is 0.0435. The minimum atomic E-state index is -0.501. The highest BCUT2D eigenvalue weighted by Gasteiger charge is 2.25. The molecule has 0 saturated heterocycles. The first kappa shape index (κ1) is 18.0. The van der Waals surface area contributed by atoms with Gasteiger partial charge in [-0.1, -0.05) is 66.2 Å². The van der Waals surface area contributed by atoms with Crippen LogP contribution in [0.2, 0.25) is 5.02 Å². The normalized spacial score (nSPS) is 14.7. The Kier molecular flexibility index (Phi) is 5.22. The molecule has 5 heteroatoms. The summed E-state index contributed by atoms with van der Waals surface area (Å²) in [6.45, 7) is 0.499. The van der Waals surface area contributed by atoms with Gasteiger partial charge in [-0.3, -0.25) is 0 Å². The molecule has 3 aromatic carbocycles. The molecule has 0 N–H and O–H groups in total. The lowest BCUT2D eigenvalue weighted by atomic mass is 10.2. The summed E-state index contributed by atoms with van der Waals surface area (Å²) in [6, 6.07) is 24.5. The number of hydrogen-bond donors (Lipinski definition) is 0. The summed E-state index contributed by atoms with van der Waals surface area (Å²) >= 11 is 6.15. The predicted molar refractivity (Wildman–Crippen MR) is 109 cm³/mol. The third-order valence-electron chi connectivity index (χ3n) is 4.16. The van der Waals surface area contributed by atoms with Crippen LogP contribution in [0.5, 0.6) is 5.75 Å². The van der Waals surface area contributed by atoms with Gasteiger partial charge in [-0.15, -0.1) is 0 Å². The average molecular weight is 390 g/mol. The number of aliphatic imine (C=N–C) groups is 1. The van der Waals surface area contributed by atoms with Crippen LogP contribution in [0, 0.1) is 0 Å². The second kappa shape index (κ2) is 8.11. The second-order valence-corrected chi connectivity index (χ2v) is 6.57. The van der Waals surface area contributed by atoms with E-state index in [0.29, 0.717) is 17.2 Å². The molecule has 0 atom stereocenters. The van der Waals surface area contributed by atoms with Crippen molar-refractivity contribution >= 4 is 29.5 Å². The molecule has 0 saturated carbocycles. The Balaban J connectivity index is 1.48. The number of halogens is 1. The Labute approximate surface area is 167 Å². The van der Waals surface area contributed by atoms with Crippen LogP contribution in [-0.2, 0) is 16.1 Å². The van der Waals surface area contributed by atoms with Crippen molar-refractivity contribution in [2.45, 2.75) is 6.61 Å². The van der Waals surface area contributed by atoms with E-state index >= 15 is 0 Å². The Bertz CT molecular complexity index is 1060. The molecular formula is C23H16ClNO3. The summed E-state index contributed by atoms with van der Waals surface area (Å²) < 4.78 is 11.0. The number of carbonyl (C=O) groups excluding carboxylic acids is 1. The molecule has 138 valence electrons. The zero-order valence-corrected chi connectivity index (χ0v) is 15.6. The van der Waals surface area contributed by atoms with Gasteiger partial charge >= 0.3 is 5.97 Å². The van der Waals surface area contributed by atoms with Gasteiger partial charge in [0.1, 0.15) is 12.4 Å². The van der Waals surface area contributed by atoms with Crippen molar-refractivity contribution in [3.05, 3.63) is 106 Å². The fourth-order valence-electron chi connectivity index (χ4n) is 2.72. The Morgan fingerprint density at radius 3 is 2.39 bits per heavy atom. The Morgan fingerprint density at radius 2 is 1.64 bits per heavy atom. The molecule has 0 aliphatic carbocycles. The maximum Gasteiger partial charge on any atom is 0.363 e. The van der Waals surface area contributed by atoms with Crippen molar-refractivity contribution in [2.24, 2.45) is 4.99 Å². The number of nitrogens with zero attached hydrogens (tertiary/aromatic N) is 1. The maximum atomic E-state index is 12.1. The van der Waals surface area contributed by atoms with Gasteiger partial charge in [-0.25, -0.2) is 9.79 Å². The molecule has 4 nitrogen and oxygen atoms in total. The van der Waals surface area contributed by atoms with E-state index in [9.17, 15) is 4.79 Å². The number of hydrogen-bond acceptors (Lipinski definition) is 4.